The van der Waals surface area contributed by atoms with Crippen LogP contribution in [0.25, 0.3) is 0 Å². The Kier molecular flexibility index (Phi) is 8.95. The van der Waals surface area contributed by atoms with Crippen LogP contribution in [0.1, 0.15) is 20.3 Å². The number of hydrogen-bond acceptors (Lipinski definition) is 4. The molecule has 106 valence electrons. The quantitative estimate of drug-likeness (QED) is 0.446. The molecule has 0 rings (SSSR count). The second kappa shape index (κ2) is 9.67. The van der Waals surface area contributed by atoms with Gasteiger partial charge in [0, 0.05) is 13.1 Å². The van der Waals surface area contributed by atoms with Gasteiger partial charge in [-0.15, -0.1) is 0 Å². The van der Waals surface area contributed by atoms with Crippen LogP contribution in [0.3, 0.4) is 0 Å². The minimum absolute atomic E-state index is 0.442. The van der Waals surface area contributed by atoms with Gasteiger partial charge in [-0.05, 0) is 19.5 Å². The lowest BCUT2D eigenvalue weighted by Crippen LogP contribution is -2.49. The summed E-state index contributed by atoms with van der Waals surface area (Å²) >= 11 is 0. The molecule has 2 amide bonds. The van der Waals surface area contributed by atoms with Gasteiger partial charge in [0.15, 0.2) is 6.04 Å². The normalized spacial score (nSPS) is 12.2. The van der Waals surface area contributed by atoms with E-state index in [2.05, 4.69) is 22.5 Å². The number of carboxylic acids is 1. The van der Waals surface area contributed by atoms with E-state index in [1.807, 2.05) is 6.92 Å². The van der Waals surface area contributed by atoms with E-state index in [4.69, 9.17) is 10.2 Å². The zero-order valence-electron chi connectivity index (χ0n) is 11.0. The molecule has 0 aliphatic heterocycles. The molecule has 0 aliphatic rings. The Balaban J connectivity index is 3.85. The topological polar surface area (TPSA) is 102 Å². The number of aliphatic hydroxyl groups excluding tert-OH is 1. The highest BCUT2D eigenvalue weighted by atomic mass is 16.4. The fourth-order valence-corrected chi connectivity index (χ4v) is 1.47. The number of urea groups is 1. The molecule has 0 aromatic carbocycles. The average molecular weight is 261 g/mol. The monoisotopic (exact) mass is 261 g/mol. The molecule has 1 atom stereocenters. The van der Waals surface area contributed by atoms with Gasteiger partial charge in [-0.2, -0.15) is 0 Å². The van der Waals surface area contributed by atoms with Crippen LogP contribution in [0.4, 0.5) is 4.79 Å². The summed E-state index contributed by atoms with van der Waals surface area (Å²) in [5.74, 6) is -1.26. The van der Waals surface area contributed by atoms with Gasteiger partial charge in [-0.1, -0.05) is 13.8 Å². The lowest BCUT2D eigenvalue weighted by molar-refractivity contribution is -0.140. The van der Waals surface area contributed by atoms with E-state index in [1.54, 1.807) is 0 Å². The molecule has 0 radical (unpaired) electrons. The molecule has 0 aromatic heterocycles. The van der Waals surface area contributed by atoms with Crippen LogP contribution in [0.15, 0.2) is 0 Å². The highest BCUT2D eigenvalue weighted by molar-refractivity contribution is 5.82. The smallest absolute Gasteiger partial charge is 0.328 e. The first-order valence-corrected chi connectivity index (χ1v) is 6.15. The lowest BCUT2D eigenvalue weighted by atomic mass is 10.3. The van der Waals surface area contributed by atoms with Crippen LogP contribution in [-0.4, -0.2) is 65.9 Å². The van der Waals surface area contributed by atoms with Gasteiger partial charge in [-0.25, -0.2) is 9.59 Å². The Morgan fingerprint density at radius 3 is 2.39 bits per heavy atom. The van der Waals surface area contributed by atoms with Crippen molar-refractivity contribution in [3.63, 3.8) is 0 Å². The molecule has 0 aliphatic carbocycles. The van der Waals surface area contributed by atoms with E-state index in [0.717, 1.165) is 19.5 Å². The fourth-order valence-electron chi connectivity index (χ4n) is 1.47. The summed E-state index contributed by atoms with van der Waals surface area (Å²) in [5, 5.41) is 22.1. The van der Waals surface area contributed by atoms with Crippen molar-refractivity contribution in [3.8, 4) is 0 Å². The molecule has 4 N–H and O–H groups in total. The highest BCUT2D eigenvalue weighted by Gasteiger charge is 2.18. The first-order chi connectivity index (χ1) is 8.54. The molecule has 0 bridgehead atoms. The summed E-state index contributed by atoms with van der Waals surface area (Å²) < 4.78 is 0. The van der Waals surface area contributed by atoms with Gasteiger partial charge in [0.1, 0.15) is 0 Å². The van der Waals surface area contributed by atoms with Gasteiger partial charge in [-0.3, -0.25) is 0 Å². The lowest BCUT2D eigenvalue weighted by Gasteiger charge is -2.20. The van der Waals surface area contributed by atoms with E-state index in [0.29, 0.717) is 13.1 Å². The summed E-state index contributed by atoms with van der Waals surface area (Å²) in [6.07, 6.45) is 1.05. The van der Waals surface area contributed by atoms with E-state index < -0.39 is 24.6 Å². The molecule has 7 heteroatoms. The zero-order valence-corrected chi connectivity index (χ0v) is 11.0. The molecule has 18 heavy (non-hydrogen) atoms. The Morgan fingerprint density at radius 1 is 1.28 bits per heavy atom. The molecule has 0 aromatic rings. The third-order valence-corrected chi connectivity index (χ3v) is 2.49. The molecule has 0 heterocycles. The summed E-state index contributed by atoms with van der Waals surface area (Å²) in [7, 11) is 0. The van der Waals surface area contributed by atoms with Crippen molar-refractivity contribution >= 4 is 12.0 Å². The predicted molar refractivity (Wildman–Crippen MR) is 67.4 cm³/mol. The second-order valence-corrected chi connectivity index (χ2v) is 3.91. The van der Waals surface area contributed by atoms with Crippen LogP contribution in [0, 0.1) is 0 Å². The molecule has 7 nitrogen and oxygen atoms in total. The number of hydrogen-bond donors (Lipinski definition) is 4. The molecular weight excluding hydrogens is 238 g/mol. The van der Waals surface area contributed by atoms with Crippen molar-refractivity contribution in [1.29, 1.82) is 0 Å². The SMILES string of the molecule is CCCN(CC)CCNC(=O)N[C@@H](CO)C(=O)O. The molecule has 0 fully saturated rings. The van der Waals surface area contributed by atoms with Gasteiger partial charge < -0.3 is 25.7 Å². The van der Waals surface area contributed by atoms with Crippen LogP contribution >= 0.6 is 0 Å². The van der Waals surface area contributed by atoms with Crippen LogP contribution in [0.5, 0.6) is 0 Å². The minimum Gasteiger partial charge on any atom is -0.480 e. The maximum absolute atomic E-state index is 11.3. The predicted octanol–water partition coefficient (Wildman–Crippen LogP) is -0.537. The number of likely N-dealkylation sites (N-methyl/N-ethyl adjacent to an activating group) is 1. The van der Waals surface area contributed by atoms with Gasteiger partial charge >= 0.3 is 12.0 Å². The summed E-state index contributed by atoms with van der Waals surface area (Å²) in [4.78, 5) is 24.1. The van der Waals surface area contributed by atoms with Gasteiger partial charge in [0.05, 0.1) is 6.61 Å². The van der Waals surface area contributed by atoms with E-state index in [-0.39, 0.29) is 0 Å². The van der Waals surface area contributed by atoms with E-state index in [1.165, 1.54) is 0 Å². The minimum atomic E-state index is -1.26. The molecule has 0 saturated heterocycles. The Labute approximate surface area is 107 Å². The van der Waals surface area contributed by atoms with Crippen molar-refractivity contribution in [3.05, 3.63) is 0 Å². The summed E-state index contributed by atoms with van der Waals surface area (Å²) in [5.41, 5.74) is 0. The molecule has 0 unspecified atom stereocenters. The number of nitrogens with one attached hydrogen (secondary N) is 2. The average Bonchev–Trinajstić information content (AvgIpc) is 2.34. The van der Waals surface area contributed by atoms with Crippen molar-refractivity contribution < 1.29 is 19.8 Å². The number of amides is 2. The number of rotatable bonds is 9. The number of carboxylic acid groups (broad SMARTS) is 1. The standard InChI is InChI=1S/C11H23N3O4/c1-3-6-14(4-2)7-5-12-11(18)13-9(8-15)10(16)17/h9,15H,3-8H2,1-2H3,(H,16,17)(H2,12,13,18)/t9-/m0/s1. The fraction of sp³-hybridized carbons (Fsp3) is 0.818. The largest absolute Gasteiger partial charge is 0.480 e. The molecule has 0 saturated carbocycles. The van der Waals surface area contributed by atoms with E-state index in [9.17, 15) is 9.59 Å². The number of carbonyl (C=O) groups excluding carboxylic acids is 1. The second-order valence-electron chi connectivity index (χ2n) is 3.91. The summed E-state index contributed by atoms with van der Waals surface area (Å²) in [6, 6.07) is -1.84. The third kappa shape index (κ3) is 7.08. The van der Waals surface area contributed by atoms with Gasteiger partial charge in [0.25, 0.3) is 0 Å². The molecule has 0 spiro atoms. The third-order valence-electron chi connectivity index (χ3n) is 2.49. The maximum atomic E-state index is 11.3. The Bertz CT molecular complexity index is 261. The van der Waals surface area contributed by atoms with Crippen LogP contribution in [-0.2, 0) is 4.79 Å². The highest BCUT2D eigenvalue weighted by Crippen LogP contribution is 1.89. The van der Waals surface area contributed by atoms with Crippen molar-refractivity contribution in [2.24, 2.45) is 0 Å². The maximum Gasteiger partial charge on any atom is 0.328 e. The summed E-state index contributed by atoms with van der Waals surface area (Å²) in [6.45, 7) is 6.54. The van der Waals surface area contributed by atoms with Crippen LogP contribution < -0.4 is 10.6 Å². The Morgan fingerprint density at radius 2 is 1.94 bits per heavy atom. The first-order valence-electron chi connectivity index (χ1n) is 6.15. The number of aliphatic hydroxyl groups is 1. The van der Waals surface area contributed by atoms with Crippen molar-refractivity contribution in [2.45, 2.75) is 26.3 Å². The number of aliphatic carboxylic acids is 1. The van der Waals surface area contributed by atoms with Crippen molar-refractivity contribution in [2.75, 3.05) is 32.8 Å². The first kappa shape index (κ1) is 16.7. The van der Waals surface area contributed by atoms with Crippen LogP contribution in [0.2, 0.25) is 0 Å². The zero-order chi connectivity index (χ0) is 14.0. The van der Waals surface area contributed by atoms with Crippen molar-refractivity contribution in [1.82, 2.24) is 15.5 Å². The Hall–Kier alpha value is -1.34. The number of carbonyl (C=O) groups is 2. The van der Waals surface area contributed by atoms with E-state index >= 15 is 0 Å². The van der Waals surface area contributed by atoms with Gasteiger partial charge in [0.2, 0.25) is 0 Å². The number of nitrogens with zero attached hydrogens (tertiary/aromatic N) is 1. The molecular formula is C11H23N3O4.